The van der Waals surface area contributed by atoms with Crippen molar-refractivity contribution in [2.75, 3.05) is 5.32 Å². The van der Waals surface area contributed by atoms with E-state index in [1.807, 2.05) is 6.07 Å². The van der Waals surface area contributed by atoms with E-state index in [0.717, 1.165) is 36.1 Å². The molecule has 0 saturated heterocycles. The number of nitrogens with two attached hydrogens (primary N) is 1. The van der Waals surface area contributed by atoms with Gasteiger partial charge in [0, 0.05) is 23.4 Å². The molecule has 0 fully saturated rings. The Morgan fingerprint density at radius 1 is 1.18 bits per heavy atom. The Hall–Kier alpha value is -1.98. The first kappa shape index (κ1) is 16.4. The summed E-state index contributed by atoms with van der Waals surface area (Å²) < 4.78 is 26.0. The number of carbonyl (C=O) groups is 1. The van der Waals surface area contributed by atoms with Gasteiger partial charge in [0.25, 0.3) is 5.91 Å². The fraction of sp³-hybridized carbons (Fsp3) is 0.188. The minimum atomic E-state index is -0.992. The largest absolute Gasteiger partial charge is 0.324 e. The van der Waals surface area contributed by atoms with Gasteiger partial charge in [-0.3, -0.25) is 4.79 Å². The molecule has 1 aliphatic rings. The van der Waals surface area contributed by atoms with Gasteiger partial charge in [0.15, 0.2) is 11.6 Å². The molecule has 0 saturated carbocycles. The van der Waals surface area contributed by atoms with Crippen LogP contribution in [0.4, 0.5) is 14.5 Å². The van der Waals surface area contributed by atoms with Crippen LogP contribution in [0.15, 0.2) is 36.4 Å². The van der Waals surface area contributed by atoms with Crippen molar-refractivity contribution >= 4 is 24.0 Å². The molecule has 0 aliphatic heterocycles. The van der Waals surface area contributed by atoms with Crippen molar-refractivity contribution in [1.29, 1.82) is 0 Å². The topological polar surface area (TPSA) is 55.1 Å². The highest BCUT2D eigenvalue weighted by Gasteiger charge is 2.24. The predicted octanol–water partition coefficient (Wildman–Crippen LogP) is 3.58. The number of nitrogens with one attached hydrogen (secondary N) is 1. The minimum Gasteiger partial charge on any atom is -0.324 e. The number of benzene rings is 2. The molecule has 116 valence electrons. The van der Waals surface area contributed by atoms with Gasteiger partial charge in [-0.15, -0.1) is 12.4 Å². The lowest BCUT2D eigenvalue weighted by atomic mass is 10.0. The molecule has 1 atom stereocenters. The third kappa shape index (κ3) is 2.96. The van der Waals surface area contributed by atoms with Crippen LogP contribution < -0.4 is 11.1 Å². The average Bonchev–Trinajstić information content (AvgIpc) is 2.85. The average molecular weight is 325 g/mol. The van der Waals surface area contributed by atoms with E-state index in [9.17, 15) is 13.6 Å². The molecule has 0 heterocycles. The van der Waals surface area contributed by atoms with Crippen LogP contribution in [0.5, 0.6) is 0 Å². The molecule has 22 heavy (non-hydrogen) atoms. The van der Waals surface area contributed by atoms with E-state index < -0.39 is 11.6 Å². The number of fused-ring (bicyclic) bond motifs is 1. The summed E-state index contributed by atoms with van der Waals surface area (Å²) in [5, 5.41) is 2.58. The monoisotopic (exact) mass is 324 g/mol. The third-order valence-corrected chi connectivity index (χ3v) is 3.74. The molecule has 0 bridgehead atoms. The summed E-state index contributed by atoms with van der Waals surface area (Å²) in [6.07, 6.45) is 1.56. The molecule has 3 rings (SSSR count). The van der Waals surface area contributed by atoms with Gasteiger partial charge in [-0.1, -0.05) is 12.1 Å². The Balaban J connectivity index is 0.00000176. The first-order chi connectivity index (χ1) is 10.1. The van der Waals surface area contributed by atoms with E-state index in [2.05, 4.69) is 5.32 Å². The van der Waals surface area contributed by atoms with Crippen LogP contribution in [-0.2, 0) is 6.42 Å². The third-order valence-electron chi connectivity index (χ3n) is 3.74. The molecule has 0 spiro atoms. The smallest absolute Gasteiger partial charge is 0.255 e. The minimum absolute atomic E-state index is 0. The normalized spacial score (nSPS) is 15.9. The zero-order valence-electron chi connectivity index (χ0n) is 11.6. The highest BCUT2D eigenvalue weighted by Crippen LogP contribution is 2.31. The first-order valence-electron chi connectivity index (χ1n) is 6.70. The Morgan fingerprint density at radius 3 is 2.68 bits per heavy atom. The van der Waals surface area contributed by atoms with Crippen molar-refractivity contribution < 1.29 is 13.6 Å². The summed E-state index contributed by atoms with van der Waals surface area (Å²) in [7, 11) is 0. The van der Waals surface area contributed by atoms with Crippen LogP contribution in [0.1, 0.15) is 33.9 Å². The van der Waals surface area contributed by atoms with Gasteiger partial charge in [0.1, 0.15) is 0 Å². The van der Waals surface area contributed by atoms with Gasteiger partial charge in [-0.25, -0.2) is 8.78 Å². The zero-order chi connectivity index (χ0) is 15.0. The molecule has 0 radical (unpaired) electrons. The second-order valence-electron chi connectivity index (χ2n) is 5.10. The fourth-order valence-corrected chi connectivity index (χ4v) is 2.67. The molecule has 6 heteroatoms. The van der Waals surface area contributed by atoms with Crippen LogP contribution in [0, 0.1) is 11.6 Å². The first-order valence-corrected chi connectivity index (χ1v) is 6.70. The summed E-state index contributed by atoms with van der Waals surface area (Å²) in [6.45, 7) is 0. The lowest BCUT2D eigenvalue weighted by molar-refractivity contribution is 0.102. The van der Waals surface area contributed by atoms with Crippen molar-refractivity contribution in [3.05, 3.63) is 64.7 Å². The number of hydrogen-bond acceptors (Lipinski definition) is 2. The van der Waals surface area contributed by atoms with Gasteiger partial charge >= 0.3 is 0 Å². The predicted molar refractivity (Wildman–Crippen MR) is 83.3 cm³/mol. The summed E-state index contributed by atoms with van der Waals surface area (Å²) in [4.78, 5) is 12.3. The number of rotatable bonds is 2. The van der Waals surface area contributed by atoms with Crippen molar-refractivity contribution in [2.45, 2.75) is 18.9 Å². The molecule has 0 unspecified atom stereocenters. The number of amides is 1. The van der Waals surface area contributed by atoms with E-state index in [1.165, 1.54) is 6.07 Å². The van der Waals surface area contributed by atoms with Gasteiger partial charge < -0.3 is 11.1 Å². The lowest BCUT2D eigenvalue weighted by Crippen LogP contribution is -2.15. The molecule has 1 amide bonds. The van der Waals surface area contributed by atoms with Crippen LogP contribution in [0.25, 0.3) is 0 Å². The maximum absolute atomic E-state index is 13.2. The maximum Gasteiger partial charge on any atom is 0.255 e. The maximum atomic E-state index is 13.2. The van der Waals surface area contributed by atoms with E-state index >= 15 is 0 Å². The summed E-state index contributed by atoms with van der Waals surface area (Å²) in [6, 6.07) is 8.64. The van der Waals surface area contributed by atoms with Gasteiger partial charge in [-0.2, -0.15) is 0 Å². The van der Waals surface area contributed by atoms with Crippen molar-refractivity contribution in [2.24, 2.45) is 5.73 Å². The van der Waals surface area contributed by atoms with E-state index in [4.69, 9.17) is 5.73 Å². The SMILES string of the molecule is Cl.N[C@H]1CCc2c(C(=O)Nc3ccc(F)c(F)c3)cccc21. The molecule has 2 aromatic carbocycles. The van der Waals surface area contributed by atoms with E-state index in [-0.39, 0.29) is 30.0 Å². The Morgan fingerprint density at radius 2 is 1.95 bits per heavy atom. The highest BCUT2D eigenvalue weighted by atomic mass is 35.5. The summed E-state index contributed by atoms with van der Waals surface area (Å²) >= 11 is 0. The number of hydrogen-bond donors (Lipinski definition) is 2. The van der Waals surface area contributed by atoms with E-state index in [0.29, 0.717) is 5.56 Å². The van der Waals surface area contributed by atoms with Crippen LogP contribution in [0.3, 0.4) is 0 Å². The molecule has 3 N–H and O–H groups in total. The Kier molecular flexibility index (Phi) is 4.78. The van der Waals surface area contributed by atoms with Crippen molar-refractivity contribution in [3.8, 4) is 0 Å². The van der Waals surface area contributed by atoms with Crippen molar-refractivity contribution in [1.82, 2.24) is 0 Å². The molecular weight excluding hydrogens is 310 g/mol. The second-order valence-corrected chi connectivity index (χ2v) is 5.10. The number of halogens is 3. The number of anilines is 1. The van der Waals surface area contributed by atoms with Crippen LogP contribution >= 0.6 is 12.4 Å². The molecular formula is C16H15ClF2N2O. The fourth-order valence-electron chi connectivity index (χ4n) is 2.67. The Labute approximate surface area is 132 Å². The van der Waals surface area contributed by atoms with Crippen LogP contribution in [-0.4, -0.2) is 5.91 Å². The molecule has 3 nitrogen and oxygen atoms in total. The summed E-state index contributed by atoms with van der Waals surface area (Å²) in [5.74, 6) is -2.28. The standard InChI is InChI=1S/C16H14F2N2O.ClH/c17-13-6-4-9(8-14(13)18)20-16(21)12-3-1-2-11-10(12)5-7-15(11)19;/h1-4,6,8,15H,5,7,19H2,(H,20,21);1H/t15-;/m0./s1. The zero-order valence-corrected chi connectivity index (χ0v) is 12.4. The van der Waals surface area contributed by atoms with Gasteiger partial charge in [-0.05, 0) is 42.2 Å². The van der Waals surface area contributed by atoms with Gasteiger partial charge in [0.05, 0.1) is 0 Å². The molecule has 0 aromatic heterocycles. The highest BCUT2D eigenvalue weighted by molar-refractivity contribution is 6.05. The lowest BCUT2D eigenvalue weighted by Gasteiger charge is -2.10. The molecule has 1 aliphatic carbocycles. The van der Waals surface area contributed by atoms with Gasteiger partial charge in [0.2, 0.25) is 0 Å². The van der Waals surface area contributed by atoms with E-state index in [1.54, 1.807) is 12.1 Å². The van der Waals surface area contributed by atoms with Crippen molar-refractivity contribution in [3.63, 3.8) is 0 Å². The summed E-state index contributed by atoms with van der Waals surface area (Å²) in [5.41, 5.74) is 8.65. The second kappa shape index (κ2) is 6.42. The quantitative estimate of drug-likeness (QED) is 0.887. The molecule has 2 aromatic rings. The Bertz CT molecular complexity index is 721. The van der Waals surface area contributed by atoms with Crippen LogP contribution in [0.2, 0.25) is 0 Å². The number of carbonyl (C=O) groups excluding carboxylic acids is 1.